The molecule has 1 aliphatic heterocycles. The first kappa shape index (κ1) is 12.1. The third kappa shape index (κ3) is 3.56. The van der Waals surface area contributed by atoms with Crippen LogP contribution in [0.15, 0.2) is 11.8 Å². The summed E-state index contributed by atoms with van der Waals surface area (Å²) in [5, 5.41) is 10.1. The molecule has 4 nitrogen and oxygen atoms in total. The van der Waals surface area contributed by atoms with Crippen molar-refractivity contribution in [2.75, 3.05) is 13.1 Å². The highest BCUT2D eigenvalue weighted by atomic mass is 19.3. The van der Waals surface area contributed by atoms with Crippen LogP contribution in [0.1, 0.15) is 6.42 Å². The number of hydrogen-bond donors (Lipinski definition) is 3. The molecule has 15 heavy (non-hydrogen) atoms. The van der Waals surface area contributed by atoms with Gasteiger partial charge < -0.3 is 21.2 Å². The molecule has 0 aromatic rings. The van der Waals surface area contributed by atoms with Crippen LogP contribution >= 0.6 is 0 Å². The number of alkyl halides is 2. The van der Waals surface area contributed by atoms with Crippen LogP contribution in [0, 0.1) is 11.3 Å². The highest BCUT2D eigenvalue weighted by molar-refractivity contribution is 5.76. The number of nitrogens with one attached hydrogen (secondary N) is 2. The van der Waals surface area contributed by atoms with Crippen LogP contribution in [0.5, 0.6) is 0 Å². The summed E-state index contributed by atoms with van der Waals surface area (Å²) >= 11 is 0. The van der Waals surface area contributed by atoms with Gasteiger partial charge in [-0.25, -0.2) is 0 Å². The number of halogens is 2. The molecule has 0 bridgehead atoms. The summed E-state index contributed by atoms with van der Waals surface area (Å²) in [6, 6.07) is 0. The summed E-state index contributed by atoms with van der Waals surface area (Å²) in [5.74, 6) is -0.0231. The number of hydrogen-bond acceptors (Lipinski definition) is 4. The van der Waals surface area contributed by atoms with Crippen LogP contribution in [0.3, 0.4) is 0 Å². The fourth-order valence-electron chi connectivity index (χ4n) is 1.71. The van der Waals surface area contributed by atoms with Crippen molar-refractivity contribution in [2.45, 2.75) is 19.1 Å². The predicted molar refractivity (Wildman–Crippen MR) is 52.9 cm³/mol. The molecule has 0 radical (unpaired) electrons. The standard InChI is InChI=1S/C9H15F2N3O/c10-9(11)15-8-1-6(4-14-5-8)7(2-12)3-13/h2-3,6,8-9,12,14H,1,4-5,13H2/b7-3+,12-2?. The van der Waals surface area contributed by atoms with Crippen molar-refractivity contribution in [2.24, 2.45) is 11.7 Å². The molecule has 86 valence electrons. The van der Waals surface area contributed by atoms with Gasteiger partial charge in [0, 0.05) is 25.2 Å². The Hall–Kier alpha value is -1.01. The van der Waals surface area contributed by atoms with Gasteiger partial charge in [0.2, 0.25) is 0 Å². The second-order valence-corrected chi connectivity index (χ2v) is 3.42. The Morgan fingerprint density at radius 1 is 1.53 bits per heavy atom. The molecule has 1 fully saturated rings. The SMILES string of the molecule is N=C/C(=C\N)C1CNCC(OC(F)F)C1. The summed E-state index contributed by atoms with van der Waals surface area (Å²) in [6.07, 6.45) is 2.44. The van der Waals surface area contributed by atoms with Gasteiger partial charge >= 0.3 is 6.61 Å². The van der Waals surface area contributed by atoms with Crippen molar-refractivity contribution in [1.82, 2.24) is 5.32 Å². The first-order chi connectivity index (χ1) is 7.17. The molecule has 1 aliphatic rings. The van der Waals surface area contributed by atoms with E-state index in [1.807, 2.05) is 0 Å². The van der Waals surface area contributed by atoms with E-state index >= 15 is 0 Å². The summed E-state index contributed by atoms with van der Waals surface area (Å²) in [6.45, 7) is -1.70. The highest BCUT2D eigenvalue weighted by Crippen LogP contribution is 2.20. The van der Waals surface area contributed by atoms with Crippen LogP contribution in [-0.2, 0) is 4.74 Å². The molecule has 2 unspecified atom stereocenters. The maximum absolute atomic E-state index is 12.0. The van der Waals surface area contributed by atoms with Crippen molar-refractivity contribution < 1.29 is 13.5 Å². The first-order valence-electron chi connectivity index (χ1n) is 4.74. The van der Waals surface area contributed by atoms with Gasteiger partial charge in [-0.3, -0.25) is 0 Å². The fourth-order valence-corrected chi connectivity index (χ4v) is 1.71. The van der Waals surface area contributed by atoms with Gasteiger partial charge in [-0.15, -0.1) is 0 Å². The highest BCUT2D eigenvalue weighted by Gasteiger charge is 2.26. The molecule has 1 saturated heterocycles. The maximum Gasteiger partial charge on any atom is 0.345 e. The molecule has 2 atom stereocenters. The van der Waals surface area contributed by atoms with Crippen molar-refractivity contribution in [3.05, 3.63) is 11.8 Å². The zero-order valence-electron chi connectivity index (χ0n) is 8.25. The zero-order chi connectivity index (χ0) is 11.3. The number of piperidine rings is 1. The maximum atomic E-state index is 12.0. The second kappa shape index (κ2) is 5.77. The molecule has 0 amide bonds. The fraction of sp³-hybridized carbons (Fsp3) is 0.667. The van der Waals surface area contributed by atoms with E-state index in [2.05, 4.69) is 10.1 Å². The average Bonchev–Trinajstić information content (AvgIpc) is 2.19. The van der Waals surface area contributed by atoms with Crippen LogP contribution in [0.2, 0.25) is 0 Å². The Kier molecular flexibility index (Phi) is 4.64. The molecule has 1 rings (SSSR count). The van der Waals surface area contributed by atoms with Gasteiger partial charge in [0.25, 0.3) is 0 Å². The molecule has 0 saturated carbocycles. The molecule has 0 aromatic heterocycles. The van der Waals surface area contributed by atoms with Crippen molar-refractivity contribution >= 4 is 6.21 Å². The molecular formula is C9H15F2N3O. The molecule has 1 heterocycles. The van der Waals surface area contributed by atoms with Crippen molar-refractivity contribution in [3.8, 4) is 0 Å². The Bertz CT molecular complexity index is 246. The number of nitrogens with two attached hydrogens (primary N) is 1. The predicted octanol–water partition coefficient (Wildman–Crippen LogP) is 0.696. The van der Waals surface area contributed by atoms with Gasteiger partial charge in [-0.05, 0) is 18.2 Å². The summed E-state index contributed by atoms with van der Waals surface area (Å²) < 4.78 is 28.4. The van der Waals surface area contributed by atoms with E-state index in [-0.39, 0.29) is 5.92 Å². The minimum atomic E-state index is -2.75. The van der Waals surface area contributed by atoms with E-state index in [4.69, 9.17) is 11.1 Å². The monoisotopic (exact) mass is 219 g/mol. The third-order valence-corrected chi connectivity index (χ3v) is 2.44. The quantitative estimate of drug-likeness (QED) is 0.609. The summed E-state index contributed by atoms with van der Waals surface area (Å²) in [7, 11) is 0. The summed E-state index contributed by atoms with van der Waals surface area (Å²) in [4.78, 5) is 0. The van der Waals surface area contributed by atoms with Crippen molar-refractivity contribution in [1.29, 1.82) is 5.41 Å². The smallest absolute Gasteiger partial charge is 0.345 e. The molecule has 6 heteroatoms. The topological polar surface area (TPSA) is 71.1 Å². The van der Waals surface area contributed by atoms with Crippen molar-refractivity contribution in [3.63, 3.8) is 0 Å². The lowest BCUT2D eigenvalue weighted by atomic mass is 9.91. The van der Waals surface area contributed by atoms with Gasteiger partial charge in [-0.2, -0.15) is 8.78 Å². The van der Waals surface area contributed by atoms with Gasteiger partial charge in [0.1, 0.15) is 0 Å². The van der Waals surface area contributed by atoms with Gasteiger partial charge in [0.15, 0.2) is 0 Å². The zero-order valence-corrected chi connectivity index (χ0v) is 8.25. The molecule has 0 aromatic carbocycles. The molecule has 4 N–H and O–H groups in total. The van der Waals surface area contributed by atoms with Crippen LogP contribution in [-0.4, -0.2) is 32.0 Å². The minimum absolute atomic E-state index is 0.0231. The largest absolute Gasteiger partial charge is 0.404 e. The molecular weight excluding hydrogens is 204 g/mol. The van der Waals surface area contributed by atoms with Crippen LogP contribution < -0.4 is 11.1 Å². The first-order valence-corrected chi connectivity index (χ1v) is 4.74. The number of ether oxygens (including phenoxy) is 1. The normalized spacial score (nSPS) is 28.1. The van der Waals surface area contributed by atoms with E-state index in [1.165, 1.54) is 6.20 Å². The van der Waals surface area contributed by atoms with Crippen LogP contribution in [0.4, 0.5) is 8.78 Å². The lowest BCUT2D eigenvalue weighted by Gasteiger charge is -2.30. The number of rotatable bonds is 4. The van der Waals surface area contributed by atoms with Gasteiger partial charge in [-0.1, -0.05) is 0 Å². The van der Waals surface area contributed by atoms with E-state index < -0.39 is 12.7 Å². The van der Waals surface area contributed by atoms with Crippen LogP contribution in [0.25, 0.3) is 0 Å². The second-order valence-electron chi connectivity index (χ2n) is 3.42. The third-order valence-electron chi connectivity index (χ3n) is 2.44. The Balaban J connectivity index is 2.51. The summed E-state index contributed by atoms with van der Waals surface area (Å²) in [5.41, 5.74) is 5.97. The Morgan fingerprint density at radius 2 is 2.27 bits per heavy atom. The van der Waals surface area contributed by atoms with E-state index in [0.29, 0.717) is 25.1 Å². The average molecular weight is 219 g/mol. The van der Waals surface area contributed by atoms with E-state index in [0.717, 1.165) is 6.21 Å². The Morgan fingerprint density at radius 3 is 2.80 bits per heavy atom. The Labute approximate surface area is 87.0 Å². The minimum Gasteiger partial charge on any atom is -0.404 e. The molecule has 0 spiro atoms. The van der Waals surface area contributed by atoms with Gasteiger partial charge in [0.05, 0.1) is 6.10 Å². The lowest BCUT2D eigenvalue weighted by Crippen LogP contribution is -2.42. The lowest BCUT2D eigenvalue weighted by molar-refractivity contribution is -0.168. The van der Waals surface area contributed by atoms with E-state index in [1.54, 1.807) is 0 Å². The van der Waals surface area contributed by atoms with E-state index in [9.17, 15) is 8.78 Å². The molecule has 0 aliphatic carbocycles.